The number of nitrogens with one attached hydrogen (secondary N) is 2. The van der Waals surface area contributed by atoms with Gasteiger partial charge in [-0.2, -0.15) is 0 Å². The van der Waals surface area contributed by atoms with E-state index in [2.05, 4.69) is 17.6 Å². The number of hydrogen-bond donors (Lipinski definition) is 2. The molecule has 198 valence electrons. The number of fused-ring (bicyclic) bond motifs is 1. The van der Waals surface area contributed by atoms with Gasteiger partial charge in [-0.05, 0) is 56.2 Å². The summed E-state index contributed by atoms with van der Waals surface area (Å²) >= 11 is 0. The van der Waals surface area contributed by atoms with E-state index in [9.17, 15) is 14.4 Å². The summed E-state index contributed by atoms with van der Waals surface area (Å²) in [6, 6.07) is 7.05. The van der Waals surface area contributed by atoms with Gasteiger partial charge in [0.2, 0.25) is 17.7 Å². The molecule has 0 radical (unpaired) electrons. The Balaban J connectivity index is 1.32. The van der Waals surface area contributed by atoms with Crippen LogP contribution in [0.15, 0.2) is 36.4 Å². The number of amides is 3. The Morgan fingerprint density at radius 2 is 1.78 bits per heavy atom. The lowest BCUT2D eigenvalue weighted by atomic mass is 9.74. The molecule has 1 spiro atoms. The zero-order valence-corrected chi connectivity index (χ0v) is 21.9. The first-order chi connectivity index (χ1) is 17.9. The van der Waals surface area contributed by atoms with E-state index in [4.69, 9.17) is 4.74 Å². The van der Waals surface area contributed by atoms with Crippen LogP contribution in [0.25, 0.3) is 0 Å². The topological polar surface area (TPSA) is 87.7 Å². The molecular formula is C30H39N3O4. The lowest BCUT2D eigenvalue weighted by Crippen LogP contribution is -2.59. The number of nitrogens with zero attached hydrogens (tertiary/aromatic N) is 1. The molecule has 7 atom stereocenters. The smallest absolute Gasteiger partial charge is 0.246 e. The molecule has 3 aliphatic heterocycles. The van der Waals surface area contributed by atoms with Crippen molar-refractivity contribution in [3.63, 3.8) is 0 Å². The van der Waals surface area contributed by atoms with Gasteiger partial charge in [0.1, 0.15) is 11.6 Å². The highest BCUT2D eigenvalue weighted by Gasteiger charge is 2.73. The number of aryl methyl sites for hydroxylation is 1. The summed E-state index contributed by atoms with van der Waals surface area (Å²) in [6.45, 7) is 4.18. The molecule has 6 rings (SSSR count). The van der Waals surface area contributed by atoms with Crippen LogP contribution in [0.3, 0.4) is 0 Å². The molecule has 2 saturated carbocycles. The third kappa shape index (κ3) is 4.10. The number of carbonyl (C=O) groups excluding carboxylic acids is 3. The summed E-state index contributed by atoms with van der Waals surface area (Å²) in [7, 11) is 0. The minimum Gasteiger partial charge on any atom is -0.359 e. The van der Waals surface area contributed by atoms with E-state index in [-0.39, 0.29) is 29.8 Å². The van der Waals surface area contributed by atoms with Crippen LogP contribution < -0.4 is 10.6 Å². The SMILES string of the molecule is Cc1cccc(NC(=O)[C@H]2[C@H]3C=C[C@@]4(O3)[C@H]2C(=O)N(C2CCCCC2)[C@@H]4C(=O)N[C@H]2CCCC[C@@H]2C)c1. The number of ether oxygens (including phenoxy) is 1. The van der Waals surface area contributed by atoms with Crippen LogP contribution in [0.4, 0.5) is 5.69 Å². The van der Waals surface area contributed by atoms with Gasteiger partial charge in [-0.3, -0.25) is 14.4 Å². The second-order valence-electron chi connectivity index (χ2n) is 12.0. The average Bonchev–Trinajstić information content (AvgIpc) is 3.53. The van der Waals surface area contributed by atoms with Crippen LogP contribution in [0.2, 0.25) is 0 Å². The van der Waals surface area contributed by atoms with Gasteiger partial charge in [0.15, 0.2) is 0 Å². The second kappa shape index (κ2) is 9.57. The van der Waals surface area contributed by atoms with Crippen molar-refractivity contribution >= 4 is 23.4 Å². The monoisotopic (exact) mass is 505 g/mol. The molecule has 7 nitrogen and oxygen atoms in total. The van der Waals surface area contributed by atoms with Crippen LogP contribution in [0.5, 0.6) is 0 Å². The molecule has 5 aliphatic rings. The molecule has 2 saturated heterocycles. The highest BCUT2D eigenvalue weighted by molar-refractivity contribution is 6.03. The predicted octanol–water partition coefficient (Wildman–Crippen LogP) is 4.11. The number of anilines is 1. The van der Waals surface area contributed by atoms with Gasteiger partial charge in [0.05, 0.1) is 17.9 Å². The van der Waals surface area contributed by atoms with Gasteiger partial charge in [-0.15, -0.1) is 0 Å². The van der Waals surface area contributed by atoms with Crippen molar-refractivity contribution in [1.29, 1.82) is 0 Å². The van der Waals surface area contributed by atoms with Crippen molar-refractivity contribution in [1.82, 2.24) is 10.2 Å². The van der Waals surface area contributed by atoms with E-state index in [0.29, 0.717) is 11.6 Å². The molecular weight excluding hydrogens is 466 g/mol. The predicted molar refractivity (Wildman–Crippen MR) is 141 cm³/mol. The normalized spacial score (nSPS) is 37.0. The summed E-state index contributed by atoms with van der Waals surface area (Å²) in [4.78, 5) is 43.7. The molecule has 1 aromatic rings. The van der Waals surface area contributed by atoms with Gasteiger partial charge in [0.25, 0.3) is 0 Å². The Labute approximate surface area is 219 Å². The Hall–Kier alpha value is -2.67. The fourth-order valence-electron chi connectivity index (χ4n) is 7.70. The van der Waals surface area contributed by atoms with E-state index in [0.717, 1.165) is 56.9 Å². The number of benzene rings is 1. The van der Waals surface area contributed by atoms with E-state index < -0.39 is 29.6 Å². The van der Waals surface area contributed by atoms with Crippen LogP contribution in [-0.2, 0) is 19.1 Å². The van der Waals surface area contributed by atoms with Crippen molar-refractivity contribution in [2.24, 2.45) is 17.8 Å². The molecule has 37 heavy (non-hydrogen) atoms. The second-order valence-corrected chi connectivity index (χ2v) is 12.0. The Morgan fingerprint density at radius 1 is 1.03 bits per heavy atom. The van der Waals surface area contributed by atoms with Gasteiger partial charge in [-0.25, -0.2) is 0 Å². The number of carbonyl (C=O) groups is 3. The Bertz CT molecular complexity index is 1110. The van der Waals surface area contributed by atoms with Crippen molar-refractivity contribution in [3.05, 3.63) is 42.0 Å². The fourth-order valence-corrected chi connectivity index (χ4v) is 7.70. The van der Waals surface area contributed by atoms with Gasteiger partial charge in [0, 0.05) is 17.8 Å². The molecule has 0 unspecified atom stereocenters. The zero-order valence-electron chi connectivity index (χ0n) is 21.9. The molecule has 2 N–H and O–H groups in total. The van der Waals surface area contributed by atoms with E-state index >= 15 is 0 Å². The van der Waals surface area contributed by atoms with Gasteiger partial charge < -0.3 is 20.3 Å². The highest BCUT2D eigenvalue weighted by Crippen LogP contribution is 2.56. The Morgan fingerprint density at radius 3 is 2.54 bits per heavy atom. The quantitative estimate of drug-likeness (QED) is 0.590. The van der Waals surface area contributed by atoms with Crippen molar-refractivity contribution in [3.8, 4) is 0 Å². The summed E-state index contributed by atoms with van der Waals surface area (Å²) in [5, 5.41) is 6.36. The van der Waals surface area contributed by atoms with Crippen molar-refractivity contribution in [2.45, 2.75) is 101 Å². The third-order valence-corrected chi connectivity index (χ3v) is 9.56. The summed E-state index contributed by atoms with van der Waals surface area (Å²) in [5.74, 6) is -1.37. The van der Waals surface area contributed by atoms with Crippen molar-refractivity contribution in [2.75, 3.05) is 5.32 Å². The molecule has 0 aromatic heterocycles. The fraction of sp³-hybridized carbons (Fsp3) is 0.633. The molecule has 2 aliphatic carbocycles. The first kappa shape index (κ1) is 24.7. The van der Waals surface area contributed by atoms with E-state index in [1.165, 1.54) is 6.42 Å². The summed E-state index contributed by atoms with van der Waals surface area (Å²) in [5.41, 5.74) is 0.670. The number of likely N-dealkylation sites (tertiary alicyclic amines) is 1. The van der Waals surface area contributed by atoms with Crippen LogP contribution in [0.1, 0.15) is 70.3 Å². The van der Waals surface area contributed by atoms with Crippen LogP contribution >= 0.6 is 0 Å². The van der Waals surface area contributed by atoms with Gasteiger partial charge in [-0.1, -0.05) is 63.3 Å². The lowest BCUT2D eigenvalue weighted by Gasteiger charge is -2.40. The standard InChI is InChI=1S/C30H39N3O4/c1-18-9-8-11-20(17-18)31-27(34)24-23-15-16-30(37-23)25(24)29(36)33(21-12-4-3-5-13-21)26(30)28(35)32-22-14-7-6-10-19(22)2/h8-9,11,15-17,19,21-26H,3-7,10,12-14H2,1-2H3,(H,31,34)(H,32,35)/t19-,22-,23+,24-,25+,26+,30+/m0/s1. The number of rotatable bonds is 5. The zero-order chi connectivity index (χ0) is 25.7. The maximum Gasteiger partial charge on any atom is 0.246 e. The molecule has 3 heterocycles. The lowest BCUT2D eigenvalue weighted by molar-refractivity contribution is -0.145. The summed E-state index contributed by atoms with van der Waals surface area (Å²) < 4.78 is 6.53. The minimum absolute atomic E-state index is 0.0114. The molecule has 2 bridgehead atoms. The number of hydrogen-bond acceptors (Lipinski definition) is 4. The molecule has 3 amide bonds. The average molecular weight is 506 g/mol. The van der Waals surface area contributed by atoms with Crippen LogP contribution in [-0.4, -0.2) is 52.5 Å². The molecule has 4 fully saturated rings. The maximum atomic E-state index is 14.2. The Kier molecular flexibility index (Phi) is 6.38. The maximum absolute atomic E-state index is 14.2. The van der Waals surface area contributed by atoms with E-state index in [1.54, 1.807) is 0 Å². The highest BCUT2D eigenvalue weighted by atomic mass is 16.5. The van der Waals surface area contributed by atoms with E-state index in [1.807, 2.05) is 48.2 Å². The molecule has 7 heteroatoms. The van der Waals surface area contributed by atoms with Crippen molar-refractivity contribution < 1.29 is 19.1 Å². The molecule has 1 aromatic carbocycles. The largest absolute Gasteiger partial charge is 0.359 e. The van der Waals surface area contributed by atoms with Gasteiger partial charge >= 0.3 is 0 Å². The summed E-state index contributed by atoms with van der Waals surface area (Å²) in [6.07, 6.45) is 12.7. The van der Waals surface area contributed by atoms with Crippen LogP contribution in [0, 0.1) is 24.7 Å². The minimum atomic E-state index is -1.09. The first-order valence-corrected chi connectivity index (χ1v) is 14.3. The third-order valence-electron chi connectivity index (χ3n) is 9.56. The first-order valence-electron chi connectivity index (χ1n) is 14.3.